The van der Waals surface area contributed by atoms with Crippen LogP contribution in [0.2, 0.25) is 0 Å². The van der Waals surface area contributed by atoms with Crippen molar-refractivity contribution in [2.24, 2.45) is 5.92 Å². The Morgan fingerprint density at radius 1 is 1.22 bits per heavy atom. The maximum Gasteiger partial charge on any atom is 0.217 e. The van der Waals surface area contributed by atoms with E-state index in [0.717, 1.165) is 24.0 Å². The summed E-state index contributed by atoms with van der Waals surface area (Å²) in [5, 5.41) is 42.6. The van der Waals surface area contributed by atoms with Crippen LogP contribution in [0.4, 0.5) is 0 Å². The van der Waals surface area contributed by atoms with Gasteiger partial charge >= 0.3 is 0 Å². The molecule has 3 N–H and O–H groups in total. The van der Waals surface area contributed by atoms with Crippen molar-refractivity contribution in [3.05, 3.63) is 76.8 Å². The third-order valence-electron chi connectivity index (χ3n) is 6.29. The summed E-state index contributed by atoms with van der Waals surface area (Å²) in [6, 6.07) is 14.9. The van der Waals surface area contributed by atoms with Gasteiger partial charge in [-0.1, -0.05) is 18.2 Å². The second-order valence-corrected chi connectivity index (χ2v) is 8.22. The minimum atomic E-state index is -1.44. The highest BCUT2D eigenvalue weighted by Gasteiger charge is 2.61. The fraction of sp³-hybridized carbons (Fsp3) is 0.320. The van der Waals surface area contributed by atoms with Gasteiger partial charge in [0.1, 0.15) is 17.4 Å². The number of hydrogen-bond acceptors (Lipinski definition) is 6. The Balaban J connectivity index is 2.07. The van der Waals surface area contributed by atoms with Gasteiger partial charge in [0.05, 0.1) is 30.4 Å². The molecule has 2 aliphatic rings. The molecule has 4 rings (SSSR count). The van der Waals surface area contributed by atoms with Crippen molar-refractivity contribution in [1.82, 2.24) is 5.32 Å². The van der Waals surface area contributed by atoms with E-state index in [4.69, 9.17) is 10.1 Å². The molecule has 0 amide bonds. The van der Waals surface area contributed by atoms with E-state index in [-0.39, 0.29) is 22.8 Å². The first-order valence-electron chi connectivity index (χ1n) is 10.4. The Morgan fingerprint density at radius 2 is 1.91 bits per heavy atom. The summed E-state index contributed by atoms with van der Waals surface area (Å²) in [7, 11) is 1.57. The van der Waals surface area contributed by atoms with Gasteiger partial charge in [0.2, 0.25) is 11.8 Å². The van der Waals surface area contributed by atoms with E-state index in [1.54, 1.807) is 7.11 Å². The Bertz CT molecular complexity index is 1210. The summed E-state index contributed by atoms with van der Waals surface area (Å²) < 4.78 is 7.54. The Labute approximate surface area is 187 Å². The van der Waals surface area contributed by atoms with Gasteiger partial charge in [-0.3, -0.25) is 5.41 Å². The van der Waals surface area contributed by atoms with Gasteiger partial charge in [0.25, 0.3) is 0 Å². The molecule has 2 aromatic rings. The van der Waals surface area contributed by atoms with E-state index in [2.05, 4.69) is 17.3 Å². The Hall–Kier alpha value is -3.90. The number of pyridine rings is 1. The SMILES string of the molecule is COc1ccccc1[C@H]1C(C#N)=C(C(=C=N)C#N)N[C@](O)(C2CC2)[C@H]1[n+]1ccc(C)cc1. The lowest BCUT2D eigenvalue weighted by Gasteiger charge is -2.43. The van der Waals surface area contributed by atoms with Crippen molar-refractivity contribution in [3.63, 3.8) is 0 Å². The van der Waals surface area contributed by atoms with Crippen molar-refractivity contribution in [1.29, 1.82) is 15.9 Å². The number of para-hydroxylation sites is 1. The van der Waals surface area contributed by atoms with Gasteiger partial charge in [-0.2, -0.15) is 15.1 Å². The lowest BCUT2D eigenvalue weighted by atomic mass is 9.73. The average Bonchev–Trinajstić information content (AvgIpc) is 3.66. The van der Waals surface area contributed by atoms with Gasteiger partial charge in [-0.15, -0.1) is 0 Å². The Morgan fingerprint density at radius 3 is 2.47 bits per heavy atom. The van der Waals surface area contributed by atoms with E-state index in [1.807, 2.05) is 66.4 Å². The monoisotopic (exact) mass is 426 g/mol. The molecule has 1 fully saturated rings. The number of nitriles is 2. The molecule has 7 heteroatoms. The molecular formula is C25H24N5O2+. The van der Waals surface area contributed by atoms with Crippen LogP contribution >= 0.6 is 0 Å². The normalized spacial score (nSPS) is 24.5. The lowest BCUT2D eigenvalue weighted by molar-refractivity contribution is -0.742. The van der Waals surface area contributed by atoms with E-state index < -0.39 is 17.7 Å². The zero-order valence-corrected chi connectivity index (χ0v) is 18.0. The first-order valence-corrected chi connectivity index (χ1v) is 10.4. The molecule has 1 saturated carbocycles. The number of rotatable bonds is 5. The van der Waals surface area contributed by atoms with Crippen LogP contribution in [0.25, 0.3) is 0 Å². The number of aryl methyl sites for hydroxylation is 1. The third-order valence-corrected chi connectivity index (χ3v) is 6.29. The minimum absolute atomic E-state index is 0.0700. The molecule has 2 heterocycles. The van der Waals surface area contributed by atoms with Crippen molar-refractivity contribution in [3.8, 4) is 17.9 Å². The Kier molecular flexibility index (Phi) is 5.55. The smallest absolute Gasteiger partial charge is 0.217 e. The van der Waals surface area contributed by atoms with E-state index in [1.165, 1.54) is 0 Å². The van der Waals surface area contributed by atoms with E-state index >= 15 is 0 Å². The highest BCUT2D eigenvalue weighted by Crippen LogP contribution is 2.53. The summed E-state index contributed by atoms with van der Waals surface area (Å²) in [4.78, 5) is 0. The number of aliphatic hydroxyl groups is 1. The number of nitrogens with one attached hydrogen (secondary N) is 2. The number of benzene rings is 1. The second kappa shape index (κ2) is 8.32. The molecule has 0 spiro atoms. The average molecular weight is 427 g/mol. The predicted octanol–water partition coefficient (Wildman–Crippen LogP) is 2.79. The van der Waals surface area contributed by atoms with Crippen LogP contribution in [-0.4, -0.2) is 23.8 Å². The number of methoxy groups -OCH3 is 1. The van der Waals surface area contributed by atoms with Crippen molar-refractivity contribution >= 4 is 5.87 Å². The first-order chi connectivity index (χ1) is 15.5. The van der Waals surface area contributed by atoms with Crippen LogP contribution in [-0.2, 0) is 0 Å². The number of nitrogens with zero attached hydrogens (tertiary/aromatic N) is 3. The van der Waals surface area contributed by atoms with Gasteiger partial charge in [0.15, 0.2) is 12.4 Å². The molecule has 32 heavy (non-hydrogen) atoms. The van der Waals surface area contributed by atoms with E-state index in [9.17, 15) is 15.6 Å². The fourth-order valence-electron chi connectivity index (χ4n) is 4.59. The summed E-state index contributed by atoms with van der Waals surface area (Å²) >= 11 is 0. The number of hydrogen-bond donors (Lipinski definition) is 3. The van der Waals surface area contributed by atoms with Gasteiger partial charge in [-0.25, -0.2) is 0 Å². The second-order valence-electron chi connectivity index (χ2n) is 8.22. The largest absolute Gasteiger partial charge is 0.496 e. The molecule has 1 aromatic carbocycles. The van der Waals surface area contributed by atoms with Crippen molar-refractivity contribution in [2.45, 2.75) is 37.5 Å². The van der Waals surface area contributed by atoms with Crippen molar-refractivity contribution in [2.75, 3.05) is 7.11 Å². The molecule has 0 unspecified atom stereocenters. The summed E-state index contributed by atoms with van der Waals surface area (Å²) in [5.41, 5.74) is 0.649. The molecule has 0 bridgehead atoms. The zero-order valence-electron chi connectivity index (χ0n) is 18.0. The molecule has 3 atom stereocenters. The highest BCUT2D eigenvalue weighted by molar-refractivity contribution is 5.71. The standard InChI is InChI=1S/C25H24N5O2/c1-16-9-11-30(12-10-16)24-22(19-5-3-4-6-21(19)32-2)20(15-28)23(17(13-26)14-27)29-25(24,31)18-7-8-18/h3-6,9-12,18,22,24,26,29,31H,7-8H2,1-2H3/q+1/t22-,24-,25-/m0/s1. The van der Waals surface area contributed by atoms with Gasteiger partial charge in [0, 0.05) is 23.6 Å². The summed E-state index contributed by atoms with van der Waals surface area (Å²) in [6.45, 7) is 1.99. The van der Waals surface area contributed by atoms with Crippen LogP contribution in [0.1, 0.15) is 35.9 Å². The van der Waals surface area contributed by atoms with Crippen LogP contribution in [0, 0.1) is 40.9 Å². The molecule has 0 radical (unpaired) electrons. The quantitative estimate of drug-likeness (QED) is 0.386. The maximum absolute atomic E-state index is 12.1. The van der Waals surface area contributed by atoms with Crippen LogP contribution in [0.5, 0.6) is 5.75 Å². The molecule has 0 saturated heterocycles. The van der Waals surface area contributed by atoms with Crippen LogP contribution in [0.15, 0.2) is 65.6 Å². The first kappa shape index (κ1) is 21.3. The fourth-order valence-corrected chi connectivity index (χ4v) is 4.59. The number of allylic oxidation sites excluding steroid dienone is 2. The van der Waals surface area contributed by atoms with Crippen molar-refractivity contribution < 1.29 is 14.4 Å². The molecule has 1 aromatic heterocycles. The predicted molar refractivity (Wildman–Crippen MR) is 116 cm³/mol. The van der Waals surface area contributed by atoms with Crippen LogP contribution in [0.3, 0.4) is 0 Å². The summed E-state index contributed by atoms with van der Waals surface area (Å²) in [6.07, 6.45) is 5.43. The van der Waals surface area contributed by atoms with Gasteiger partial charge in [-0.05, 0) is 37.3 Å². The number of aromatic nitrogens is 1. The minimum Gasteiger partial charge on any atom is -0.496 e. The van der Waals surface area contributed by atoms with Crippen LogP contribution < -0.4 is 14.6 Å². The highest BCUT2D eigenvalue weighted by atomic mass is 16.5. The molecule has 160 valence electrons. The van der Waals surface area contributed by atoms with Gasteiger partial charge < -0.3 is 15.2 Å². The maximum atomic E-state index is 12.1. The number of ether oxygens (including phenoxy) is 1. The summed E-state index contributed by atoms with van der Waals surface area (Å²) in [5.74, 6) is 2.02. The topological polar surface area (TPSA) is 117 Å². The third kappa shape index (κ3) is 3.44. The van der Waals surface area contributed by atoms with E-state index in [0.29, 0.717) is 5.75 Å². The lowest BCUT2D eigenvalue weighted by Crippen LogP contribution is -2.66. The molecule has 7 nitrogen and oxygen atoms in total. The molecule has 1 aliphatic heterocycles. The zero-order chi connectivity index (χ0) is 22.9. The molecule has 1 aliphatic carbocycles. The molecular weight excluding hydrogens is 402 g/mol.